The van der Waals surface area contributed by atoms with Gasteiger partial charge in [-0.3, -0.25) is 19.3 Å². The first-order valence-corrected chi connectivity index (χ1v) is 10.2. The number of amides is 3. The Morgan fingerprint density at radius 1 is 1.14 bits per heavy atom. The van der Waals surface area contributed by atoms with Gasteiger partial charge in [-0.25, -0.2) is 0 Å². The van der Waals surface area contributed by atoms with Gasteiger partial charge in [0.1, 0.15) is 6.04 Å². The van der Waals surface area contributed by atoms with Gasteiger partial charge in [-0.05, 0) is 49.8 Å². The fourth-order valence-corrected chi connectivity index (χ4v) is 4.28. The molecule has 2 aliphatic rings. The van der Waals surface area contributed by atoms with Crippen molar-refractivity contribution < 1.29 is 14.4 Å². The molecule has 0 radical (unpaired) electrons. The Hall–Kier alpha value is -2.14. The van der Waals surface area contributed by atoms with Crippen LogP contribution in [0.15, 0.2) is 36.4 Å². The van der Waals surface area contributed by atoms with Gasteiger partial charge in [0.15, 0.2) is 0 Å². The van der Waals surface area contributed by atoms with Crippen LogP contribution in [-0.4, -0.2) is 28.7 Å². The highest BCUT2D eigenvalue weighted by molar-refractivity contribution is 6.30. The third-order valence-electron chi connectivity index (χ3n) is 5.56. The third kappa shape index (κ3) is 4.14. The second-order valence-electron chi connectivity index (χ2n) is 8.13. The number of carbonyl (C=O) groups is 3. The van der Waals surface area contributed by atoms with Crippen LogP contribution < -0.4 is 5.32 Å². The molecular weight excluding hydrogens is 376 g/mol. The average molecular weight is 403 g/mol. The number of imide groups is 1. The fraction of sp³-hybridized carbons (Fsp3) is 0.500. The summed E-state index contributed by atoms with van der Waals surface area (Å²) in [6.45, 7) is 5.84. The lowest BCUT2D eigenvalue weighted by Crippen LogP contribution is -2.51. The molecule has 4 atom stereocenters. The number of hydrogen-bond donors (Lipinski definition) is 1. The van der Waals surface area contributed by atoms with E-state index in [9.17, 15) is 14.4 Å². The first kappa shape index (κ1) is 20.6. The topological polar surface area (TPSA) is 66.5 Å². The van der Waals surface area contributed by atoms with Gasteiger partial charge < -0.3 is 5.32 Å². The van der Waals surface area contributed by atoms with Gasteiger partial charge in [0.2, 0.25) is 17.7 Å². The molecule has 1 fully saturated rings. The Morgan fingerprint density at radius 2 is 1.75 bits per heavy atom. The van der Waals surface area contributed by atoms with E-state index in [0.717, 1.165) is 5.56 Å². The first-order chi connectivity index (χ1) is 13.3. The van der Waals surface area contributed by atoms with Crippen LogP contribution in [-0.2, 0) is 14.4 Å². The highest BCUT2D eigenvalue weighted by Crippen LogP contribution is 2.37. The van der Waals surface area contributed by atoms with Crippen molar-refractivity contribution in [3.8, 4) is 0 Å². The summed E-state index contributed by atoms with van der Waals surface area (Å²) in [6.07, 6.45) is 5.49. The smallest absolute Gasteiger partial charge is 0.243 e. The number of likely N-dealkylation sites (tertiary alicyclic amines) is 1. The van der Waals surface area contributed by atoms with E-state index >= 15 is 0 Å². The van der Waals surface area contributed by atoms with Gasteiger partial charge in [0.05, 0.1) is 17.9 Å². The molecule has 1 heterocycles. The highest BCUT2D eigenvalue weighted by Gasteiger charge is 2.51. The van der Waals surface area contributed by atoms with E-state index in [0.29, 0.717) is 24.3 Å². The third-order valence-corrected chi connectivity index (χ3v) is 5.79. The summed E-state index contributed by atoms with van der Waals surface area (Å²) in [4.78, 5) is 40.3. The Labute approximate surface area is 171 Å². The summed E-state index contributed by atoms with van der Waals surface area (Å²) in [5.74, 6) is -1.21. The van der Waals surface area contributed by atoms with Crippen molar-refractivity contribution in [3.63, 3.8) is 0 Å². The molecule has 150 valence electrons. The van der Waals surface area contributed by atoms with Crippen LogP contribution in [0.4, 0.5) is 0 Å². The largest absolute Gasteiger partial charge is 0.348 e. The van der Waals surface area contributed by atoms with Crippen LogP contribution in [0.25, 0.3) is 0 Å². The van der Waals surface area contributed by atoms with Crippen LogP contribution in [0.3, 0.4) is 0 Å². The molecule has 0 bridgehead atoms. The molecule has 6 heteroatoms. The minimum Gasteiger partial charge on any atom is -0.348 e. The molecule has 1 aromatic rings. The fourth-order valence-electron chi connectivity index (χ4n) is 4.08. The summed E-state index contributed by atoms with van der Waals surface area (Å²) in [5, 5.41) is 3.56. The maximum absolute atomic E-state index is 13.1. The number of halogens is 1. The van der Waals surface area contributed by atoms with Gasteiger partial charge in [0, 0.05) is 5.02 Å². The second kappa shape index (κ2) is 8.48. The van der Waals surface area contributed by atoms with Crippen molar-refractivity contribution in [2.45, 2.75) is 52.1 Å². The molecule has 0 aromatic heterocycles. The second-order valence-corrected chi connectivity index (χ2v) is 8.57. The summed E-state index contributed by atoms with van der Waals surface area (Å²) >= 11 is 6.05. The molecule has 3 rings (SSSR count). The summed E-state index contributed by atoms with van der Waals surface area (Å²) in [7, 11) is 0. The molecule has 4 unspecified atom stereocenters. The molecule has 0 spiro atoms. The van der Waals surface area contributed by atoms with Gasteiger partial charge >= 0.3 is 0 Å². The summed E-state index contributed by atoms with van der Waals surface area (Å²) < 4.78 is 0. The number of nitrogens with zero attached hydrogens (tertiary/aromatic N) is 1. The zero-order valence-electron chi connectivity index (χ0n) is 16.5. The van der Waals surface area contributed by atoms with E-state index in [1.165, 1.54) is 4.90 Å². The van der Waals surface area contributed by atoms with E-state index in [1.54, 1.807) is 12.1 Å². The molecule has 1 N–H and O–H groups in total. The van der Waals surface area contributed by atoms with Gasteiger partial charge in [-0.2, -0.15) is 0 Å². The number of rotatable bonds is 6. The lowest BCUT2D eigenvalue weighted by molar-refractivity contribution is -0.148. The summed E-state index contributed by atoms with van der Waals surface area (Å²) in [6, 6.07) is 6.23. The number of carbonyl (C=O) groups excluding carboxylic acids is 3. The Bertz CT molecular complexity index is 779. The predicted octanol–water partition coefficient (Wildman–Crippen LogP) is 3.88. The highest BCUT2D eigenvalue weighted by atomic mass is 35.5. The van der Waals surface area contributed by atoms with Crippen molar-refractivity contribution in [1.82, 2.24) is 10.2 Å². The van der Waals surface area contributed by atoms with E-state index in [-0.39, 0.29) is 41.5 Å². The Balaban J connectivity index is 1.81. The average Bonchev–Trinajstić information content (AvgIpc) is 2.90. The van der Waals surface area contributed by atoms with Crippen molar-refractivity contribution in [2.75, 3.05) is 0 Å². The maximum atomic E-state index is 13.1. The van der Waals surface area contributed by atoms with E-state index in [2.05, 4.69) is 5.32 Å². The van der Waals surface area contributed by atoms with Crippen LogP contribution >= 0.6 is 11.6 Å². The number of benzene rings is 1. The van der Waals surface area contributed by atoms with Crippen LogP contribution in [0.2, 0.25) is 5.02 Å². The van der Waals surface area contributed by atoms with Crippen molar-refractivity contribution in [3.05, 3.63) is 47.0 Å². The monoisotopic (exact) mass is 402 g/mol. The Morgan fingerprint density at radius 3 is 2.29 bits per heavy atom. The van der Waals surface area contributed by atoms with Crippen molar-refractivity contribution in [1.29, 1.82) is 0 Å². The lowest BCUT2D eigenvalue weighted by atomic mass is 9.85. The number of nitrogens with one attached hydrogen (secondary N) is 1. The molecular formula is C22H27ClN2O3. The van der Waals surface area contributed by atoms with E-state index < -0.39 is 6.04 Å². The predicted molar refractivity (Wildman–Crippen MR) is 108 cm³/mol. The first-order valence-electron chi connectivity index (χ1n) is 9.87. The maximum Gasteiger partial charge on any atom is 0.243 e. The molecule has 5 nitrogen and oxygen atoms in total. The van der Waals surface area contributed by atoms with Crippen LogP contribution in [0, 0.1) is 17.8 Å². The summed E-state index contributed by atoms with van der Waals surface area (Å²) in [5.41, 5.74) is 0.876. The van der Waals surface area contributed by atoms with Gasteiger partial charge in [-0.1, -0.05) is 49.7 Å². The molecule has 1 aromatic carbocycles. The SMILES string of the molecule is CC(C)CC(C(=O)NC(C)c1cccc(Cl)c1)N1C(=O)C2CC=CCC2C1=O. The van der Waals surface area contributed by atoms with Gasteiger partial charge in [-0.15, -0.1) is 0 Å². The quantitative estimate of drug-likeness (QED) is 0.580. The van der Waals surface area contributed by atoms with E-state index in [1.807, 2.05) is 45.1 Å². The molecule has 1 aliphatic heterocycles. The molecule has 1 saturated heterocycles. The minimum absolute atomic E-state index is 0.165. The van der Waals surface area contributed by atoms with Crippen LogP contribution in [0.1, 0.15) is 51.6 Å². The van der Waals surface area contributed by atoms with Gasteiger partial charge in [0.25, 0.3) is 0 Å². The zero-order chi connectivity index (χ0) is 20.4. The molecule has 1 aliphatic carbocycles. The number of hydrogen-bond acceptors (Lipinski definition) is 3. The minimum atomic E-state index is -0.785. The Kier molecular flexibility index (Phi) is 6.23. The normalized spacial score (nSPS) is 23.7. The number of fused-ring (bicyclic) bond motifs is 1. The molecule has 28 heavy (non-hydrogen) atoms. The zero-order valence-corrected chi connectivity index (χ0v) is 17.3. The van der Waals surface area contributed by atoms with Crippen molar-refractivity contribution in [2.24, 2.45) is 17.8 Å². The number of allylic oxidation sites excluding steroid dienone is 2. The molecule has 3 amide bonds. The van der Waals surface area contributed by atoms with Crippen molar-refractivity contribution >= 4 is 29.3 Å². The van der Waals surface area contributed by atoms with E-state index in [4.69, 9.17) is 11.6 Å². The standard InChI is InChI=1S/C22H27ClN2O3/c1-13(2)11-19(20(26)24-14(3)15-7-6-8-16(23)12-15)25-21(27)17-9-4-5-10-18(17)22(25)28/h4-8,12-14,17-19H,9-11H2,1-3H3,(H,24,26). The van der Waals surface area contributed by atoms with Crippen LogP contribution in [0.5, 0.6) is 0 Å². The molecule has 0 saturated carbocycles. The lowest BCUT2D eigenvalue weighted by Gasteiger charge is -2.28.